The van der Waals surface area contributed by atoms with Gasteiger partial charge in [0.1, 0.15) is 0 Å². The summed E-state index contributed by atoms with van der Waals surface area (Å²) in [5.41, 5.74) is 9.81. The topological polar surface area (TPSA) is 52.0 Å². The molecule has 0 rings (SSSR count). The fourth-order valence-electron chi connectivity index (χ4n) is 0. The largest absolute Gasteiger partial charge is 0.329 e. The van der Waals surface area contributed by atoms with Gasteiger partial charge in [-0.05, 0) is 0 Å². The Labute approximate surface area is 44.7 Å². The molecule has 0 saturated heterocycles. The molecule has 0 radical (unpaired) electrons. The third-order valence-corrected chi connectivity index (χ3v) is 0.167. The smallest absolute Gasteiger partial charge is 0.00461 e. The molecule has 0 bridgehead atoms. The summed E-state index contributed by atoms with van der Waals surface area (Å²) in [6.45, 7) is 1.19. The van der Waals surface area contributed by atoms with Crippen LogP contribution in [0.4, 0.5) is 0 Å². The van der Waals surface area contributed by atoms with Gasteiger partial charge in [0.05, 0.1) is 0 Å². The van der Waals surface area contributed by atoms with Crippen LogP contribution in [-0.2, 0) is 19.5 Å². The molecule has 0 atom stereocenters. The van der Waals surface area contributed by atoms with E-state index < -0.39 is 0 Å². The van der Waals surface area contributed by atoms with E-state index in [1.165, 1.54) is 0 Å². The Morgan fingerprint density at radius 3 is 1.20 bits per heavy atom. The van der Waals surface area contributed by atoms with E-state index in [9.17, 15) is 0 Å². The van der Waals surface area contributed by atoms with Crippen molar-refractivity contribution in [1.29, 1.82) is 0 Å². The van der Waals surface area contributed by atoms with E-state index in [0.29, 0.717) is 13.1 Å². The zero-order valence-electron chi connectivity index (χ0n) is 2.92. The molecule has 5 heavy (non-hydrogen) atoms. The predicted octanol–water partition coefficient (Wildman–Crippen LogP) is -1.10. The summed E-state index contributed by atoms with van der Waals surface area (Å²) < 4.78 is 0. The first-order chi connectivity index (χ1) is 1.91. The quantitative estimate of drug-likeness (QED) is 0.480. The molecule has 4 N–H and O–H groups in total. The Morgan fingerprint density at radius 2 is 1.20 bits per heavy atom. The summed E-state index contributed by atoms with van der Waals surface area (Å²) in [7, 11) is 0. The van der Waals surface area contributed by atoms with Gasteiger partial charge in [0.2, 0.25) is 0 Å². The zero-order chi connectivity index (χ0) is 3.41. The van der Waals surface area contributed by atoms with E-state index >= 15 is 0 Å². The van der Waals surface area contributed by atoms with Gasteiger partial charge in [-0.15, -0.1) is 0 Å². The number of rotatable bonds is 1. The molecule has 0 aromatic rings. The maximum atomic E-state index is 4.90. The van der Waals surface area contributed by atoms with Crippen LogP contribution in [0.2, 0.25) is 0 Å². The molecule has 0 aromatic heterocycles. The van der Waals surface area contributed by atoms with Crippen LogP contribution in [0.1, 0.15) is 0 Å². The molecule has 0 aliphatic heterocycles. The van der Waals surface area contributed by atoms with Crippen LogP contribution in [0.5, 0.6) is 0 Å². The fraction of sp³-hybridized carbons (Fsp3) is 1.00. The molecule has 3 heteroatoms. The number of hydrogen-bond acceptors (Lipinski definition) is 2. The average Bonchev–Trinajstić information content (AvgIpc) is 1.37. The Kier molecular flexibility index (Phi) is 16.1. The summed E-state index contributed by atoms with van der Waals surface area (Å²) in [6, 6.07) is 0. The van der Waals surface area contributed by atoms with Crippen LogP contribution in [-0.4, -0.2) is 13.1 Å². The number of nitrogens with two attached hydrogens (primary N) is 2. The van der Waals surface area contributed by atoms with E-state index in [-0.39, 0.29) is 19.5 Å². The summed E-state index contributed by atoms with van der Waals surface area (Å²) >= 11 is 0. The third-order valence-electron chi connectivity index (χ3n) is 0.167. The van der Waals surface area contributed by atoms with Crippen molar-refractivity contribution < 1.29 is 19.5 Å². The van der Waals surface area contributed by atoms with Crippen molar-refractivity contribution in [2.75, 3.05) is 13.1 Å². The Morgan fingerprint density at radius 1 is 1.00 bits per heavy atom. The van der Waals surface area contributed by atoms with Gasteiger partial charge in [-0.2, -0.15) is 0 Å². The maximum Gasteiger partial charge on any atom is 0.00461 e. The first-order valence-corrected chi connectivity index (χ1v) is 1.32. The van der Waals surface area contributed by atoms with Gasteiger partial charge in [0.15, 0.2) is 0 Å². The molecule has 0 spiro atoms. The van der Waals surface area contributed by atoms with E-state index in [1.54, 1.807) is 0 Å². The van der Waals surface area contributed by atoms with Crippen molar-refractivity contribution in [3.8, 4) is 0 Å². The van der Waals surface area contributed by atoms with Crippen LogP contribution in [0.3, 0.4) is 0 Å². The molecule has 0 aliphatic rings. The fourth-order valence-corrected chi connectivity index (χ4v) is 0. The van der Waals surface area contributed by atoms with Gasteiger partial charge in [-0.1, -0.05) is 0 Å². The molecule has 0 saturated carbocycles. The minimum absolute atomic E-state index is 0. The first kappa shape index (κ1) is 9.11. The minimum Gasteiger partial charge on any atom is -0.329 e. The molecular formula is C2H8N2Ru. The van der Waals surface area contributed by atoms with Crippen molar-refractivity contribution in [3.63, 3.8) is 0 Å². The third kappa shape index (κ3) is 12.3. The van der Waals surface area contributed by atoms with Gasteiger partial charge in [-0.25, -0.2) is 0 Å². The van der Waals surface area contributed by atoms with Gasteiger partial charge in [-0.3, -0.25) is 0 Å². The monoisotopic (exact) mass is 162 g/mol. The van der Waals surface area contributed by atoms with Crippen molar-refractivity contribution in [2.45, 2.75) is 0 Å². The Bertz CT molecular complexity index is 9.61. The molecular weight excluding hydrogens is 153 g/mol. The predicted molar refractivity (Wildman–Crippen MR) is 18.1 cm³/mol. The van der Waals surface area contributed by atoms with Crippen LogP contribution < -0.4 is 11.5 Å². The van der Waals surface area contributed by atoms with Crippen molar-refractivity contribution in [3.05, 3.63) is 0 Å². The SMILES string of the molecule is NCCN.[Ru]. The molecule has 34 valence electrons. The second-order valence-corrected chi connectivity index (χ2v) is 0.577. The maximum absolute atomic E-state index is 4.90. The van der Waals surface area contributed by atoms with Gasteiger partial charge in [0, 0.05) is 32.6 Å². The Hall–Kier alpha value is 0.543. The van der Waals surface area contributed by atoms with E-state index in [2.05, 4.69) is 0 Å². The molecule has 0 aliphatic carbocycles. The molecule has 0 aromatic carbocycles. The summed E-state index contributed by atoms with van der Waals surface area (Å²) in [4.78, 5) is 0. The van der Waals surface area contributed by atoms with E-state index in [1.807, 2.05) is 0 Å². The zero-order valence-corrected chi connectivity index (χ0v) is 4.66. The standard InChI is InChI=1S/C2H8N2.Ru/c3-1-2-4;/h1-4H2;. The Balaban J connectivity index is 0. The summed E-state index contributed by atoms with van der Waals surface area (Å²) in [5, 5.41) is 0. The van der Waals surface area contributed by atoms with Crippen LogP contribution >= 0.6 is 0 Å². The molecule has 0 unspecified atom stereocenters. The normalized spacial score (nSPS) is 6.00. The minimum atomic E-state index is 0. The van der Waals surface area contributed by atoms with E-state index in [0.717, 1.165) is 0 Å². The van der Waals surface area contributed by atoms with Crippen molar-refractivity contribution >= 4 is 0 Å². The molecule has 0 amide bonds. The van der Waals surface area contributed by atoms with Gasteiger partial charge < -0.3 is 11.5 Å². The van der Waals surface area contributed by atoms with Gasteiger partial charge >= 0.3 is 0 Å². The van der Waals surface area contributed by atoms with Crippen molar-refractivity contribution in [1.82, 2.24) is 0 Å². The van der Waals surface area contributed by atoms with Crippen molar-refractivity contribution in [2.24, 2.45) is 11.5 Å². The summed E-state index contributed by atoms with van der Waals surface area (Å²) in [6.07, 6.45) is 0. The van der Waals surface area contributed by atoms with Crippen LogP contribution in [0, 0.1) is 0 Å². The molecule has 0 fully saturated rings. The second-order valence-electron chi connectivity index (χ2n) is 0.577. The molecule has 0 heterocycles. The van der Waals surface area contributed by atoms with Crippen LogP contribution in [0.25, 0.3) is 0 Å². The second kappa shape index (κ2) is 8.82. The summed E-state index contributed by atoms with van der Waals surface area (Å²) in [5.74, 6) is 0. The average molecular weight is 161 g/mol. The van der Waals surface area contributed by atoms with Crippen LogP contribution in [0.15, 0.2) is 0 Å². The van der Waals surface area contributed by atoms with E-state index in [4.69, 9.17) is 11.5 Å². The first-order valence-electron chi connectivity index (χ1n) is 1.32. The molecule has 2 nitrogen and oxygen atoms in total. The number of hydrogen-bond donors (Lipinski definition) is 2. The van der Waals surface area contributed by atoms with Gasteiger partial charge in [0.25, 0.3) is 0 Å².